The minimum atomic E-state index is -0.849. The van der Waals surface area contributed by atoms with Crippen LogP contribution >= 0.6 is 11.3 Å². The molecule has 1 atom stereocenters. The zero-order valence-electron chi connectivity index (χ0n) is 18.9. The second-order valence-electron chi connectivity index (χ2n) is 7.54. The van der Waals surface area contributed by atoms with Gasteiger partial charge in [-0.3, -0.25) is 19.5 Å². The van der Waals surface area contributed by atoms with Crippen LogP contribution in [0.1, 0.15) is 34.5 Å². The molecule has 2 heterocycles. The number of nitro groups is 1. The van der Waals surface area contributed by atoms with Crippen LogP contribution in [-0.2, 0) is 14.3 Å². The largest absolute Gasteiger partial charge is 0.466 e. The molecule has 0 unspecified atom stereocenters. The summed E-state index contributed by atoms with van der Waals surface area (Å²) >= 11 is 1.10. The Bertz CT molecular complexity index is 1570. The van der Waals surface area contributed by atoms with E-state index < -0.39 is 28.5 Å². The maximum Gasteiger partial charge on any atom is 0.338 e. The lowest BCUT2D eigenvalue weighted by atomic mass is 9.95. The second-order valence-corrected chi connectivity index (χ2v) is 8.55. The number of nitro benzene ring substituents is 1. The van der Waals surface area contributed by atoms with Gasteiger partial charge in [0.25, 0.3) is 11.2 Å². The lowest BCUT2D eigenvalue weighted by molar-refractivity contribution is -0.384. The molecule has 0 radical (unpaired) electrons. The lowest BCUT2D eigenvalue weighted by Crippen LogP contribution is -2.39. The van der Waals surface area contributed by atoms with Crippen molar-refractivity contribution >= 4 is 35.0 Å². The van der Waals surface area contributed by atoms with E-state index in [0.29, 0.717) is 31.7 Å². The third kappa shape index (κ3) is 4.41. The van der Waals surface area contributed by atoms with Crippen LogP contribution in [0.3, 0.4) is 0 Å². The van der Waals surface area contributed by atoms with E-state index in [-0.39, 0.29) is 11.3 Å². The summed E-state index contributed by atoms with van der Waals surface area (Å²) in [7, 11) is 2.52. The molecule has 0 fully saturated rings. The number of nitrogens with zero attached hydrogens (tertiary/aromatic N) is 3. The predicted octanol–water partition coefficient (Wildman–Crippen LogP) is 2.10. The van der Waals surface area contributed by atoms with Crippen molar-refractivity contribution in [2.45, 2.75) is 13.0 Å². The fourth-order valence-electron chi connectivity index (χ4n) is 3.81. The number of methoxy groups -OCH3 is 2. The number of aromatic nitrogens is 1. The molecule has 4 rings (SSSR count). The summed E-state index contributed by atoms with van der Waals surface area (Å²) in [6.07, 6.45) is 1.55. The number of non-ortho nitro benzene ring substituents is 1. The highest BCUT2D eigenvalue weighted by molar-refractivity contribution is 7.07. The topological polar surface area (TPSA) is 130 Å². The molecule has 11 heteroatoms. The monoisotopic (exact) mass is 493 g/mol. The van der Waals surface area contributed by atoms with Crippen molar-refractivity contribution < 1.29 is 24.0 Å². The van der Waals surface area contributed by atoms with Crippen LogP contribution in [0.15, 0.2) is 69.6 Å². The SMILES string of the molecule is COC(=O)C1=C(C)N=c2s/c(=C/c3cccc([N+](=O)[O-])c3)c(=O)n2[C@H]1c1ccc(C(=O)OC)cc1. The third-order valence-corrected chi connectivity index (χ3v) is 6.44. The van der Waals surface area contributed by atoms with Crippen LogP contribution in [0, 0.1) is 10.1 Å². The fraction of sp³-hybridized carbons (Fsp3) is 0.167. The summed E-state index contributed by atoms with van der Waals surface area (Å²) < 4.78 is 11.4. The van der Waals surface area contributed by atoms with Crippen LogP contribution in [-0.4, -0.2) is 35.6 Å². The summed E-state index contributed by atoms with van der Waals surface area (Å²) in [5, 5.41) is 11.1. The van der Waals surface area contributed by atoms with Gasteiger partial charge in [0.05, 0.1) is 46.6 Å². The van der Waals surface area contributed by atoms with Crippen LogP contribution in [0.2, 0.25) is 0 Å². The van der Waals surface area contributed by atoms with E-state index in [4.69, 9.17) is 9.47 Å². The van der Waals surface area contributed by atoms with Gasteiger partial charge in [0.15, 0.2) is 4.80 Å². The Kier molecular flexibility index (Phi) is 6.43. The number of benzene rings is 2. The smallest absolute Gasteiger partial charge is 0.338 e. The first kappa shape index (κ1) is 23.8. The third-order valence-electron chi connectivity index (χ3n) is 5.45. The zero-order valence-corrected chi connectivity index (χ0v) is 19.7. The molecule has 0 amide bonds. The Morgan fingerprint density at radius 2 is 1.80 bits per heavy atom. The van der Waals surface area contributed by atoms with Gasteiger partial charge in [-0.1, -0.05) is 35.6 Å². The summed E-state index contributed by atoms with van der Waals surface area (Å²) in [5.41, 5.74) is 1.42. The fourth-order valence-corrected chi connectivity index (χ4v) is 4.85. The average Bonchev–Trinajstić information content (AvgIpc) is 3.16. The van der Waals surface area contributed by atoms with Crippen LogP contribution in [0.25, 0.3) is 6.08 Å². The van der Waals surface area contributed by atoms with E-state index in [1.54, 1.807) is 43.3 Å². The van der Waals surface area contributed by atoms with E-state index in [2.05, 4.69) is 4.99 Å². The molecule has 35 heavy (non-hydrogen) atoms. The number of fused-ring (bicyclic) bond motifs is 1. The highest BCUT2D eigenvalue weighted by atomic mass is 32.1. The lowest BCUT2D eigenvalue weighted by Gasteiger charge is -2.24. The normalized spacial score (nSPS) is 15.3. The molecule has 0 aliphatic carbocycles. The number of hydrogen-bond acceptors (Lipinski definition) is 9. The van der Waals surface area contributed by atoms with Crippen molar-refractivity contribution in [3.63, 3.8) is 0 Å². The second kappa shape index (κ2) is 9.47. The summed E-state index contributed by atoms with van der Waals surface area (Å²) in [4.78, 5) is 53.5. The Morgan fingerprint density at radius 3 is 2.43 bits per heavy atom. The quantitative estimate of drug-likeness (QED) is 0.302. The minimum absolute atomic E-state index is 0.0982. The van der Waals surface area contributed by atoms with Crippen molar-refractivity contribution in [1.29, 1.82) is 0 Å². The molecular weight excluding hydrogens is 474 g/mol. The summed E-state index contributed by atoms with van der Waals surface area (Å²) in [6.45, 7) is 1.65. The standard InChI is InChI=1S/C24H19N3O7S/c1-13-19(23(30)34-3)20(15-7-9-16(10-8-15)22(29)33-2)26-21(28)18(35-24(26)25-13)12-14-5-4-6-17(11-14)27(31)32/h4-12,20H,1-3H3/b18-12+/t20-/m0/s1. The predicted molar refractivity (Wildman–Crippen MR) is 127 cm³/mol. The van der Waals surface area contributed by atoms with E-state index in [1.165, 1.54) is 37.0 Å². The number of carbonyl (C=O) groups is 2. The molecule has 178 valence electrons. The summed E-state index contributed by atoms with van der Waals surface area (Å²) in [5.74, 6) is -1.15. The average molecular weight is 493 g/mol. The van der Waals surface area contributed by atoms with Crippen LogP contribution in [0.4, 0.5) is 5.69 Å². The Morgan fingerprint density at radius 1 is 1.11 bits per heavy atom. The molecule has 0 saturated carbocycles. The number of ether oxygens (including phenoxy) is 2. The van der Waals surface area contributed by atoms with Crippen LogP contribution < -0.4 is 14.9 Å². The molecule has 1 aliphatic rings. The molecule has 0 N–H and O–H groups in total. The van der Waals surface area contributed by atoms with Crippen molar-refractivity contribution in [2.75, 3.05) is 14.2 Å². The van der Waals surface area contributed by atoms with Gasteiger partial charge in [-0.2, -0.15) is 0 Å². The van der Waals surface area contributed by atoms with Gasteiger partial charge in [-0.15, -0.1) is 0 Å². The summed E-state index contributed by atoms with van der Waals surface area (Å²) in [6, 6.07) is 11.4. The Labute approximate surface area is 202 Å². The number of carbonyl (C=O) groups excluding carboxylic acids is 2. The zero-order chi connectivity index (χ0) is 25.3. The molecule has 10 nitrogen and oxygen atoms in total. The van der Waals surface area contributed by atoms with Gasteiger partial charge in [0.2, 0.25) is 0 Å². The first-order valence-electron chi connectivity index (χ1n) is 10.3. The van der Waals surface area contributed by atoms with Crippen molar-refractivity contribution in [3.05, 3.63) is 106 Å². The van der Waals surface area contributed by atoms with Gasteiger partial charge < -0.3 is 9.47 Å². The molecule has 0 saturated heterocycles. The maximum atomic E-state index is 13.5. The molecule has 1 aromatic heterocycles. The molecule has 1 aliphatic heterocycles. The van der Waals surface area contributed by atoms with Gasteiger partial charge in [-0.05, 0) is 36.3 Å². The van der Waals surface area contributed by atoms with Crippen molar-refractivity contribution in [1.82, 2.24) is 4.57 Å². The van der Waals surface area contributed by atoms with Gasteiger partial charge in [0, 0.05) is 12.1 Å². The van der Waals surface area contributed by atoms with Crippen molar-refractivity contribution in [2.24, 2.45) is 4.99 Å². The molecular formula is C24H19N3O7S. The number of esters is 2. The molecule has 0 spiro atoms. The maximum absolute atomic E-state index is 13.5. The first-order chi connectivity index (χ1) is 16.7. The first-order valence-corrected chi connectivity index (χ1v) is 11.1. The molecule has 0 bridgehead atoms. The number of allylic oxidation sites excluding steroid dienone is 1. The number of hydrogen-bond donors (Lipinski definition) is 0. The van der Waals surface area contributed by atoms with E-state index >= 15 is 0 Å². The van der Waals surface area contributed by atoms with Gasteiger partial charge >= 0.3 is 11.9 Å². The van der Waals surface area contributed by atoms with E-state index in [0.717, 1.165) is 11.3 Å². The van der Waals surface area contributed by atoms with Gasteiger partial charge in [-0.25, -0.2) is 14.6 Å². The van der Waals surface area contributed by atoms with Crippen molar-refractivity contribution in [3.8, 4) is 0 Å². The number of rotatable bonds is 5. The van der Waals surface area contributed by atoms with Crippen LogP contribution in [0.5, 0.6) is 0 Å². The Balaban J connectivity index is 1.92. The number of thiazole rings is 1. The van der Waals surface area contributed by atoms with E-state index in [9.17, 15) is 24.5 Å². The van der Waals surface area contributed by atoms with Gasteiger partial charge in [0.1, 0.15) is 0 Å². The highest BCUT2D eigenvalue weighted by Crippen LogP contribution is 2.30. The minimum Gasteiger partial charge on any atom is -0.466 e. The van der Waals surface area contributed by atoms with E-state index in [1.807, 2.05) is 0 Å². The highest BCUT2D eigenvalue weighted by Gasteiger charge is 2.33. The Hall–Kier alpha value is -4.38. The molecule has 2 aromatic carbocycles. The molecule has 3 aromatic rings.